The van der Waals surface area contributed by atoms with Gasteiger partial charge in [-0.25, -0.2) is 0 Å². The lowest BCUT2D eigenvalue weighted by molar-refractivity contribution is 0.159. The molecule has 0 amide bonds. The van der Waals surface area contributed by atoms with Crippen LogP contribution < -0.4 is 4.74 Å². The predicted octanol–water partition coefficient (Wildman–Crippen LogP) is 4.24. The molecule has 0 heterocycles. The third-order valence-electron chi connectivity index (χ3n) is 4.62. The molecule has 0 N–H and O–H groups in total. The van der Waals surface area contributed by atoms with Crippen LogP contribution in [0.3, 0.4) is 0 Å². The highest BCUT2D eigenvalue weighted by Crippen LogP contribution is 2.36. The Morgan fingerprint density at radius 3 is 2.50 bits per heavy atom. The number of aryl methyl sites for hydroxylation is 1. The summed E-state index contributed by atoms with van der Waals surface area (Å²) in [6.07, 6.45) is 4.99. The van der Waals surface area contributed by atoms with Crippen molar-refractivity contribution in [3.63, 3.8) is 0 Å². The summed E-state index contributed by atoms with van der Waals surface area (Å²) in [5.74, 6) is 1.60. The van der Waals surface area contributed by atoms with E-state index in [9.17, 15) is 0 Å². The molecule has 1 unspecified atom stereocenters. The second kappa shape index (κ2) is 7.12. The van der Waals surface area contributed by atoms with Crippen molar-refractivity contribution < 1.29 is 4.74 Å². The molecule has 2 nitrogen and oxygen atoms in total. The summed E-state index contributed by atoms with van der Waals surface area (Å²) in [7, 11) is 1.76. The number of rotatable bonds is 6. The normalized spacial score (nSPS) is 21.9. The van der Waals surface area contributed by atoms with Gasteiger partial charge in [-0.1, -0.05) is 26.8 Å². The quantitative estimate of drug-likeness (QED) is 0.770. The molecule has 0 saturated heterocycles. The lowest BCUT2D eigenvalue weighted by Gasteiger charge is -2.39. The van der Waals surface area contributed by atoms with Gasteiger partial charge in [-0.15, -0.1) is 0 Å². The largest absolute Gasteiger partial charge is 0.497 e. The molecule has 20 heavy (non-hydrogen) atoms. The van der Waals surface area contributed by atoms with Gasteiger partial charge in [-0.2, -0.15) is 0 Å². The van der Waals surface area contributed by atoms with Crippen LogP contribution in [-0.4, -0.2) is 31.1 Å². The van der Waals surface area contributed by atoms with E-state index in [1.807, 2.05) is 0 Å². The van der Waals surface area contributed by atoms with Gasteiger partial charge in [0.15, 0.2) is 0 Å². The Kier molecular flexibility index (Phi) is 5.47. The number of nitrogens with zero attached hydrogens (tertiary/aromatic N) is 1. The van der Waals surface area contributed by atoms with E-state index in [4.69, 9.17) is 4.74 Å². The Hall–Kier alpha value is -1.02. The Labute approximate surface area is 124 Å². The van der Waals surface area contributed by atoms with Crippen LogP contribution in [0.1, 0.15) is 57.1 Å². The maximum atomic E-state index is 5.41. The molecule has 2 atom stereocenters. The molecule has 0 aromatic heterocycles. The lowest BCUT2D eigenvalue weighted by atomic mass is 9.79. The zero-order valence-corrected chi connectivity index (χ0v) is 13.5. The lowest BCUT2D eigenvalue weighted by Crippen LogP contribution is -2.42. The monoisotopic (exact) mass is 275 g/mol. The maximum Gasteiger partial charge on any atom is 0.119 e. The summed E-state index contributed by atoms with van der Waals surface area (Å²) < 4.78 is 5.41. The fraction of sp³-hybridized carbons (Fsp3) is 0.667. The minimum absolute atomic E-state index is 0.604. The maximum absolute atomic E-state index is 5.41. The Morgan fingerprint density at radius 1 is 1.20 bits per heavy atom. The molecule has 1 aromatic rings. The zero-order chi connectivity index (χ0) is 14.5. The average molecular weight is 275 g/mol. The highest BCUT2D eigenvalue weighted by Gasteiger charge is 2.30. The molecule has 112 valence electrons. The zero-order valence-electron chi connectivity index (χ0n) is 13.5. The van der Waals surface area contributed by atoms with Gasteiger partial charge >= 0.3 is 0 Å². The van der Waals surface area contributed by atoms with Crippen LogP contribution in [0.4, 0.5) is 0 Å². The van der Waals surface area contributed by atoms with Crippen molar-refractivity contribution in [2.45, 2.75) is 58.4 Å². The van der Waals surface area contributed by atoms with Crippen LogP contribution in [0.25, 0.3) is 0 Å². The van der Waals surface area contributed by atoms with Crippen molar-refractivity contribution in [1.29, 1.82) is 0 Å². The summed E-state index contributed by atoms with van der Waals surface area (Å²) in [6.45, 7) is 9.41. The first kappa shape index (κ1) is 15.4. The SMILES string of the molecule is CCCN(CCC)[C@@H]1CCc2ccc(OC)cc2C1C. The molecule has 2 heteroatoms. The summed E-state index contributed by atoms with van der Waals surface area (Å²) in [6, 6.07) is 7.30. The van der Waals surface area contributed by atoms with Crippen LogP contribution in [0, 0.1) is 0 Å². The topological polar surface area (TPSA) is 12.5 Å². The van der Waals surface area contributed by atoms with Crippen LogP contribution >= 0.6 is 0 Å². The van der Waals surface area contributed by atoms with E-state index in [1.165, 1.54) is 49.9 Å². The van der Waals surface area contributed by atoms with Crippen molar-refractivity contribution in [2.75, 3.05) is 20.2 Å². The van der Waals surface area contributed by atoms with Crippen molar-refractivity contribution in [2.24, 2.45) is 0 Å². The van der Waals surface area contributed by atoms with E-state index >= 15 is 0 Å². The van der Waals surface area contributed by atoms with Crippen molar-refractivity contribution >= 4 is 0 Å². The van der Waals surface area contributed by atoms with Gasteiger partial charge in [-0.05, 0) is 68.0 Å². The first-order valence-electron chi connectivity index (χ1n) is 8.12. The van der Waals surface area contributed by atoms with E-state index in [1.54, 1.807) is 7.11 Å². The fourth-order valence-corrected chi connectivity index (χ4v) is 3.63. The molecule has 2 rings (SSSR count). The number of benzene rings is 1. The molecule has 0 fully saturated rings. The smallest absolute Gasteiger partial charge is 0.119 e. The fourth-order valence-electron chi connectivity index (χ4n) is 3.63. The summed E-state index contributed by atoms with van der Waals surface area (Å²) in [4.78, 5) is 2.70. The highest BCUT2D eigenvalue weighted by molar-refractivity contribution is 5.40. The first-order valence-corrected chi connectivity index (χ1v) is 8.12. The third-order valence-corrected chi connectivity index (χ3v) is 4.62. The van der Waals surface area contributed by atoms with Gasteiger partial charge in [0, 0.05) is 6.04 Å². The molecule has 0 spiro atoms. The third kappa shape index (κ3) is 3.17. The summed E-state index contributed by atoms with van der Waals surface area (Å²) >= 11 is 0. The number of hydrogen-bond acceptors (Lipinski definition) is 2. The van der Waals surface area contributed by atoms with Crippen molar-refractivity contribution in [3.05, 3.63) is 29.3 Å². The number of ether oxygens (including phenoxy) is 1. The molecule has 1 aliphatic carbocycles. The average Bonchev–Trinajstić information content (AvgIpc) is 2.47. The van der Waals surface area contributed by atoms with Gasteiger partial charge in [0.2, 0.25) is 0 Å². The van der Waals surface area contributed by atoms with Gasteiger partial charge in [-0.3, -0.25) is 4.90 Å². The molecule has 1 aliphatic rings. The van der Waals surface area contributed by atoms with Crippen LogP contribution in [0.2, 0.25) is 0 Å². The number of methoxy groups -OCH3 is 1. The minimum atomic E-state index is 0.604. The first-order chi connectivity index (χ1) is 9.71. The van der Waals surface area contributed by atoms with E-state index in [0.717, 1.165) is 5.75 Å². The van der Waals surface area contributed by atoms with E-state index < -0.39 is 0 Å². The van der Waals surface area contributed by atoms with E-state index in [2.05, 4.69) is 43.9 Å². The second-order valence-corrected chi connectivity index (χ2v) is 6.00. The Bertz CT molecular complexity index is 423. The van der Waals surface area contributed by atoms with Crippen molar-refractivity contribution in [1.82, 2.24) is 4.90 Å². The molecule has 0 radical (unpaired) electrons. The van der Waals surface area contributed by atoms with Gasteiger partial charge in [0.25, 0.3) is 0 Å². The second-order valence-electron chi connectivity index (χ2n) is 6.00. The number of fused-ring (bicyclic) bond motifs is 1. The van der Waals surface area contributed by atoms with Crippen LogP contribution in [-0.2, 0) is 6.42 Å². The van der Waals surface area contributed by atoms with E-state index in [0.29, 0.717) is 12.0 Å². The standard InChI is InChI=1S/C18H29NO/c1-5-11-19(12-6-2)18-10-8-15-7-9-16(20-4)13-17(15)14(18)3/h7,9,13-14,18H,5-6,8,10-12H2,1-4H3/t14?,18-/m1/s1. The highest BCUT2D eigenvalue weighted by atomic mass is 16.5. The molecule has 0 bridgehead atoms. The Balaban J connectivity index is 2.22. The summed E-state index contributed by atoms with van der Waals surface area (Å²) in [5, 5.41) is 0. The van der Waals surface area contributed by atoms with E-state index in [-0.39, 0.29) is 0 Å². The van der Waals surface area contributed by atoms with Crippen LogP contribution in [0.15, 0.2) is 18.2 Å². The van der Waals surface area contributed by atoms with Crippen molar-refractivity contribution in [3.8, 4) is 5.75 Å². The van der Waals surface area contributed by atoms with Gasteiger partial charge in [0.05, 0.1) is 7.11 Å². The molecule has 0 saturated carbocycles. The van der Waals surface area contributed by atoms with Crippen LogP contribution in [0.5, 0.6) is 5.75 Å². The molecular weight excluding hydrogens is 246 g/mol. The molecular formula is C18H29NO. The predicted molar refractivity (Wildman–Crippen MR) is 85.7 cm³/mol. The molecule has 0 aliphatic heterocycles. The van der Waals surface area contributed by atoms with Gasteiger partial charge in [0.1, 0.15) is 5.75 Å². The molecule has 1 aromatic carbocycles. The number of hydrogen-bond donors (Lipinski definition) is 0. The minimum Gasteiger partial charge on any atom is -0.497 e. The summed E-state index contributed by atoms with van der Waals surface area (Å²) in [5.41, 5.74) is 3.01. The Morgan fingerprint density at radius 2 is 1.90 bits per heavy atom. The van der Waals surface area contributed by atoms with Gasteiger partial charge < -0.3 is 4.74 Å².